The minimum Gasteiger partial charge on any atom is -0.494 e. The molecule has 0 atom stereocenters. The predicted octanol–water partition coefficient (Wildman–Crippen LogP) is 4.71. The van der Waals surface area contributed by atoms with Crippen molar-refractivity contribution in [1.82, 2.24) is 19.7 Å². The zero-order valence-electron chi connectivity index (χ0n) is 17.8. The van der Waals surface area contributed by atoms with E-state index in [0.29, 0.717) is 29.5 Å². The van der Waals surface area contributed by atoms with Crippen LogP contribution in [0.5, 0.6) is 5.75 Å². The number of nitrogen functional groups attached to an aromatic ring is 1. The van der Waals surface area contributed by atoms with Crippen molar-refractivity contribution in [2.45, 2.75) is 19.9 Å². The maximum absolute atomic E-state index is 14.6. The standard InChI is InChI=1S/C23H23F2N5OS/c1-3-31-15-10-18(24)17(19(25)11-15)13-30-20-7-5-4-6-16(20)21(29-30)23-27-12-14(8-9-32-2)22(26)28-23/h4-7,10-12H,3,8-9,13H2,1-2H3,(H2,26,27,28). The maximum atomic E-state index is 14.6. The molecule has 2 aromatic heterocycles. The highest BCUT2D eigenvalue weighted by atomic mass is 32.2. The molecular formula is C23H23F2N5OS. The Kier molecular flexibility index (Phi) is 6.55. The number of halogens is 2. The normalized spacial score (nSPS) is 11.2. The summed E-state index contributed by atoms with van der Waals surface area (Å²) in [6.45, 7) is 1.99. The molecule has 0 fully saturated rings. The lowest BCUT2D eigenvalue weighted by molar-refractivity contribution is 0.335. The highest BCUT2D eigenvalue weighted by molar-refractivity contribution is 7.98. The Bertz CT molecular complexity index is 1240. The van der Waals surface area contributed by atoms with Crippen LogP contribution in [0.2, 0.25) is 0 Å². The van der Waals surface area contributed by atoms with E-state index < -0.39 is 11.6 Å². The molecule has 32 heavy (non-hydrogen) atoms. The van der Waals surface area contributed by atoms with Crippen LogP contribution in [-0.2, 0) is 13.0 Å². The van der Waals surface area contributed by atoms with Gasteiger partial charge in [0, 0.05) is 34.8 Å². The molecule has 0 saturated carbocycles. The first-order valence-electron chi connectivity index (χ1n) is 10.2. The highest BCUT2D eigenvalue weighted by Gasteiger charge is 2.19. The molecule has 0 radical (unpaired) electrons. The van der Waals surface area contributed by atoms with Gasteiger partial charge in [0.2, 0.25) is 0 Å². The fraction of sp³-hybridized carbons (Fsp3) is 0.261. The molecule has 0 aliphatic heterocycles. The van der Waals surface area contributed by atoms with E-state index in [1.54, 1.807) is 29.6 Å². The average Bonchev–Trinajstić information content (AvgIpc) is 3.14. The van der Waals surface area contributed by atoms with E-state index in [9.17, 15) is 8.78 Å². The van der Waals surface area contributed by atoms with Gasteiger partial charge in [-0.3, -0.25) is 4.68 Å². The van der Waals surface area contributed by atoms with Gasteiger partial charge in [-0.1, -0.05) is 18.2 Å². The topological polar surface area (TPSA) is 78.8 Å². The molecule has 2 heterocycles. The summed E-state index contributed by atoms with van der Waals surface area (Å²) in [6.07, 6.45) is 4.52. The SMILES string of the molecule is CCOc1cc(F)c(Cn2nc(-c3ncc(CCSC)c(N)n3)c3ccccc32)c(F)c1. The van der Waals surface area contributed by atoms with Gasteiger partial charge < -0.3 is 10.5 Å². The van der Waals surface area contributed by atoms with E-state index in [1.807, 2.05) is 30.5 Å². The first-order chi connectivity index (χ1) is 15.5. The minimum absolute atomic E-state index is 0.0914. The van der Waals surface area contributed by atoms with Gasteiger partial charge in [0.15, 0.2) is 5.82 Å². The molecule has 166 valence electrons. The summed E-state index contributed by atoms with van der Waals surface area (Å²) in [5, 5.41) is 5.37. The average molecular weight is 456 g/mol. The van der Waals surface area contributed by atoms with Crippen LogP contribution in [0.15, 0.2) is 42.6 Å². The van der Waals surface area contributed by atoms with E-state index in [4.69, 9.17) is 10.5 Å². The van der Waals surface area contributed by atoms with Gasteiger partial charge in [0.1, 0.15) is 28.9 Å². The molecule has 9 heteroatoms. The molecule has 0 aliphatic rings. The molecule has 0 saturated heterocycles. The molecule has 0 aliphatic carbocycles. The first-order valence-corrected chi connectivity index (χ1v) is 11.6. The molecule has 2 N–H and O–H groups in total. The molecule has 0 bridgehead atoms. The zero-order chi connectivity index (χ0) is 22.7. The van der Waals surface area contributed by atoms with Gasteiger partial charge in [-0.2, -0.15) is 16.9 Å². The number of fused-ring (bicyclic) bond motifs is 1. The van der Waals surface area contributed by atoms with Crippen LogP contribution < -0.4 is 10.5 Å². The lowest BCUT2D eigenvalue weighted by Gasteiger charge is -2.09. The number of aromatic nitrogens is 4. The molecule has 0 unspecified atom stereocenters. The van der Waals surface area contributed by atoms with Crippen molar-refractivity contribution < 1.29 is 13.5 Å². The van der Waals surface area contributed by atoms with Crippen molar-refractivity contribution in [3.05, 3.63) is 65.4 Å². The van der Waals surface area contributed by atoms with Crippen molar-refractivity contribution in [3.8, 4) is 17.3 Å². The van der Waals surface area contributed by atoms with Gasteiger partial charge in [-0.15, -0.1) is 0 Å². The first kappa shape index (κ1) is 22.0. The number of para-hydroxylation sites is 1. The van der Waals surface area contributed by atoms with E-state index in [1.165, 1.54) is 12.1 Å². The zero-order valence-corrected chi connectivity index (χ0v) is 18.6. The van der Waals surface area contributed by atoms with Crippen LogP contribution in [-0.4, -0.2) is 38.4 Å². The van der Waals surface area contributed by atoms with Gasteiger partial charge in [0.05, 0.1) is 18.7 Å². The predicted molar refractivity (Wildman–Crippen MR) is 124 cm³/mol. The number of ether oxygens (including phenoxy) is 1. The Morgan fingerprint density at radius 3 is 2.59 bits per heavy atom. The van der Waals surface area contributed by atoms with Crippen molar-refractivity contribution in [1.29, 1.82) is 0 Å². The number of aryl methyl sites for hydroxylation is 1. The Morgan fingerprint density at radius 1 is 1.16 bits per heavy atom. The maximum Gasteiger partial charge on any atom is 0.182 e. The fourth-order valence-electron chi connectivity index (χ4n) is 3.48. The number of thioether (sulfide) groups is 1. The molecule has 0 spiro atoms. The minimum atomic E-state index is -0.687. The summed E-state index contributed by atoms with van der Waals surface area (Å²) in [7, 11) is 0. The molecule has 4 aromatic rings. The molecular weight excluding hydrogens is 432 g/mol. The van der Waals surface area contributed by atoms with Crippen LogP contribution in [0.3, 0.4) is 0 Å². The van der Waals surface area contributed by atoms with Crippen molar-refractivity contribution >= 4 is 28.5 Å². The van der Waals surface area contributed by atoms with Gasteiger partial charge >= 0.3 is 0 Å². The number of nitrogens with two attached hydrogens (primary N) is 1. The van der Waals surface area contributed by atoms with Crippen molar-refractivity contribution in [2.75, 3.05) is 24.3 Å². The second kappa shape index (κ2) is 9.52. The van der Waals surface area contributed by atoms with Crippen LogP contribution >= 0.6 is 11.8 Å². The smallest absolute Gasteiger partial charge is 0.182 e. The monoisotopic (exact) mass is 455 g/mol. The van der Waals surface area contributed by atoms with Crippen LogP contribution in [0, 0.1) is 11.6 Å². The number of benzene rings is 2. The highest BCUT2D eigenvalue weighted by Crippen LogP contribution is 2.29. The Morgan fingerprint density at radius 2 is 1.91 bits per heavy atom. The third kappa shape index (κ3) is 4.38. The Balaban J connectivity index is 1.74. The lowest BCUT2D eigenvalue weighted by atomic mass is 10.1. The summed E-state index contributed by atoms with van der Waals surface area (Å²) in [6, 6.07) is 9.80. The molecule has 2 aromatic carbocycles. The summed E-state index contributed by atoms with van der Waals surface area (Å²) in [5.41, 5.74) is 8.15. The summed E-state index contributed by atoms with van der Waals surface area (Å²) >= 11 is 1.72. The van der Waals surface area contributed by atoms with E-state index in [2.05, 4.69) is 15.1 Å². The van der Waals surface area contributed by atoms with Gasteiger partial charge in [-0.05, 0) is 31.4 Å². The third-order valence-electron chi connectivity index (χ3n) is 5.08. The number of hydrogen-bond donors (Lipinski definition) is 1. The quantitative estimate of drug-likeness (QED) is 0.415. The summed E-state index contributed by atoms with van der Waals surface area (Å²) in [5.74, 6) is 0.484. The van der Waals surface area contributed by atoms with Gasteiger partial charge in [-0.25, -0.2) is 18.7 Å². The Labute approximate surface area is 188 Å². The number of anilines is 1. The molecule has 4 rings (SSSR count). The van der Waals surface area contributed by atoms with E-state index in [0.717, 1.165) is 23.1 Å². The van der Waals surface area contributed by atoms with Crippen molar-refractivity contribution in [2.24, 2.45) is 0 Å². The lowest BCUT2D eigenvalue weighted by Crippen LogP contribution is -2.08. The van der Waals surface area contributed by atoms with Crippen molar-refractivity contribution in [3.63, 3.8) is 0 Å². The Hall–Kier alpha value is -3.20. The second-order valence-electron chi connectivity index (χ2n) is 7.17. The van der Waals surface area contributed by atoms with E-state index in [-0.39, 0.29) is 17.9 Å². The molecule has 6 nitrogen and oxygen atoms in total. The summed E-state index contributed by atoms with van der Waals surface area (Å²) < 4.78 is 36.1. The second-order valence-corrected chi connectivity index (χ2v) is 8.15. The van der Waals surface area contributed by atoms with Crippen LogP contribution in [0.1, 0.15) is 18.1 Å². The molecule has 0 amide bonds. The van der Waals surface area contributed by atoms with Gasteiger partial charge in [0.25, 0.3) is 0 Å². The van der Waals surface area contributed by atoms with Crippen LogP contribution in [0.4, 0.5) is 14.6 Å². The van der Waals surface area contributed by atoms with E-state index >= 15 is 0 Å². The fourth-order valence-corrected chi connectivity index (χ4v) is 3.91. The third-order valence-corrected chi connectivity index (χ3v) is 5.69. The summed E-state index contributed by atoms with van der Waals surface area (Å²) in [4.78, 5) is 8.91. The number of rotatable bonds is 8. The van der Waals surface area contributed by atoms with Crippen LogP contribution in [0.25, 0.3) is 22.4 Å². The number of hydrogen-bond acceptors (Lipinski definition) is 6. The largest absolute Gasteiger partial charge is 0.494 e. The number of nitrogens with zero attached hydrogens (tertiary/aromatic N) is 4.